The highest BCUT2D eigenvalue weighted by molar-refractivity contribution is 6.32. The molecule has 0 N–H and O–H groups in total. The molecular formula is C13H16ClN3O3. The average molecular weight is 298 g/mol. The van der Waals surface area contributed by atoms with E-state index in [1.54, 1.807) is 4.90 Å². The van der Waals surface area contributed by atoms with Crippen LogP contribution in [-0.2, 0) is 0 Å². The predicted molar refractivity (Wildman–Crippen MR) is 74.8 cm³/mol. The number of piperidine rings is 1. The molecule has 2 atom stereocenters. The molecule has 108 valence electrons. The van der Waals surface area contributed by atoms with Crippen molar-refractivity contribution in [2.75, 3.05) is 6.54 Å². The molecule has 20 heavy (non-hydrogen) atoms. The highest BCUT2D eigenvalue weighted by atomic mass is 35.5. The van der Waals surface area contributed by atoms with E-state index in [1.165, 1.54) is 12.3 Å². The summed E-state index contributed by atoms with van der Waals surface area (Å²) in [6, 6.07) is 1.43. The Hall–Kier alpha value is -1.69. The van der Waals surface area contributed by atoms with Crippen LogP contribution in [0.4, 0.5) is 5.69 Å². The highest BCUT2D eigenvalue weighted by Crippen LogP contribution is 2.30. The molecule has 1 aliphatic heterocycles. The fourth-order valence-corrected chi connectivity index (χ4v) is 2.87. The first-order valence-corrected chi connectivity index (χ1v) is 6.89. The van der Waals surface area contributed by atoms with Crippen molar-refractivity contribution in [2.24, 2.45) is 5.92 Å². The summed E-state index contributed by atoms with van der Waals surface area (Å²) >= 11 is 5.74. The Morgan fingerprint density at radius 1 is 1.55 bits per heavy atom. The molecule has 1 fully saturated rings. The molecule has 6 nitrogen and oxygen atoms in total. The maximum atomic E-state index is 12.5. The van der Waals surface area contributed by atoms with Crippen molar-refractivity contribution < 1.29 is 9.72 Å². The smallest absolute Gasteiger partial charge is 0.319 e. The van der Waals surface area contributed by atoms with Crippen LogP contribution in [0, 0.1) is 16.0 Å². The Kier molecular flexibility index (Phi) is 4.23. The van der Waals surface area contributed by atoms with Gasteiger partial charge in [-0.2, -0.15) is 0 Å². The largest absolute Gasteiger partial charge is 0.336 e. The van der Waals surface area contributed by atoms with Gasteiger partial charge in [0.1, 0.15) is 5.56 Å². The summed E-state index contributed by atoms with van der Waals surface area (Å²) < 4.78 is 0. The Balaban J connectivity index is 2.34. The quantitative estimate of drug-likeness (QED) is 0.478. The summed E-state index contributed by atoms with van der Waals surface area (Å²) in [7, 11) is 0. The van der Waals surface area contributed by atoms with E-state index in [2.05, 4.69) is 11.9 Å². The van der Waals surface area contributed by atoms with Gasteiger partial charge in [-0.25, -0.2) is 4.98 Å². The van der Waals surface area contributed by atoms with Crippen LogP contribution in [0.15, 0.2) is 12.3 Å². The predicted octanol–water partition coefficient (Wildman–Crippen LogP) is 2.90. The van der Waals surface area contributed by atoms with E-state index in [0.717, 1.165) is 12.8 Å². The summed E-state index contributed by atoms with van der Waals surface area (Å²) in [5.41, 5.74) is -0.401. The molecule has 0 radical (unpaired) electrons. The molecule has 0 aliphatic carbocycles. The van der Waals surface area contributed by atoms with Gasteiger partial charge in [0.2, 0.25) is 5.15 Å². The molecule has 7 heteroatoms. The fraction of sp³-hybridized carbons (Fsp3) is 0.538. The molecule has 2 unspecified atom stereocenters. The zero-order valence-electron chi connectivity index (χ0n) is 11.4. The topological polar surface area (TPSA) is 76.3 Å². The maximum absolute atomic E-state index is 12.5. The van der Waals surface area contributed by atoms with Crippen molar-refractivity contribution in [3.8, 4) is 0 Å². The van der Waals surface area contributed by atoms with Gasteiger partial charge in [0.25, 0.3) is 5.91 Å². The van der Waals surface area contributed by atoms with Crippen LogP contribution in [0.5, 0.6) is 0 Å². The molecule has 0 spiro atoms. The second kappa shape index (κ2) is 5.75. The lowest BCUT2D eigenvalue weighted by atomic mass is 9.93. The van der Waals surface area contributed by atoms with E-state index in [-0.39, 0.29) is 22.7 Å². The Morgan fingerprint density at radius 3 is 2.85 bits per heavy atom. The van der Waals surface area contributed by atoms with E-state index in [9.17, 15) is 14.9 Å². The molecule has 1 aliphatic rings. The average Bonchev–Trinajstić information content (AvgIpc) is 2.37. The van der Waals surface area contributed by atoms with Crippen molar-refractivity contribution in [1.29, 1.82) is 0 Å². The van der Waals surface area contributed by atoms with Gasteiger partial charge in [0.15, 0.2) is 0 Å². The monoisotopic (exact) mass is 297 g/mol. The summed E-state index contributed by atoms with van der Waals surface area (Å²) in [6.07, 6.45) is 3.13. The highest BCUT2D eigenvalue weighted by Gasteiger charge is 2.32. The third-order valence-corrected chi connectivity index (χ3v) is 3.97. The number of halogens is 1. The lowest BCUT2D eigenvalue weighted by Crippen LogP contribution is -2.44. The number of hydrogen-bond acceptors (Lipinski definition) is 4. The van der Waals surface area contributed by atoms with Gasteiger partial charge < -0.3 is 4.90 Å². The van der Waals surface area contributed by atoms with Crippen LogP contribution in [-0.4, -0.2) is 33.3 Å². The van der Waals surface area contributed by atoms with Gasteiger partial charge in [0.05, 0.1) is 4.92 Å². The second-order valence-corrected chi connectivity index (χ2v) is 5.59. The molecule has 0 bridgehead atoms. The van der Waals surface area contributed by atoms with E-state index < -0.39 is 10.6 Å². The molecule has 0 saturated carbocycles. The second-order valence-electron chi connectivity index (χ2n) is 5.23. The van der Waals surface area contributed by atoms with Crippen LogP contribution >= 0.6 is 11.6 Å². The molecule has 0 aromatic carbocycles. The zero-order valence-corrected chi connectivity index (χ0v) is 12.1. The lowest BCUT2D eigenvalue weighted by Gasteiger charge is -2.36. The Bertz CT molecular complexity index is 550. The van der Waals surface area contributed by atoms with E-state index in [4.69, 9.17) is 11.6 Å². The number of nitro groups is 1. The number of hydrogen-bond donors (Lipinski definition) is 0. The number of carbonyl (C=O) groups excluding carboxylic acids is 1. The third-order valence-electron chi connectivity index (χ3n) is 3.69. The summed E-state index contributed by atoms with van der Waals surface area (Å²) in [5.74, 6) is 0.213. The standard InChI is InChI=1S/C13H16ClN3O3/c1-8-4-6-16(9(2)7-8)13(18)10-3-5-15-12(14)11(10)17(19)20/h3,5,8-9H,4,6-7H2,1-2H3. The first-order chi connectivity index (χ1) is 9.41. The number of nitrogens with zero attached hydrogens (tertiary/aromatic N) is 3. The van der Waals surface area contributed by atoms with Gasteiger partial charge in [-0.3, -0.25) is 14.9 Å². The summed E-state index contributed by atoms with van der Waals surface area (Å²) in [6.45, 7) is 4.71. The molecule has 2 rings (SSSR count). The molecule has 1 saturated heterocycles. The number of carbonyl (C=O) groups is 1. The molecule has 1 aromatic rings. The van der Waals surface area contributed by atoms with Gasteiger partial charge in [-0.15, -0.1) is 0 Å². The minimum atomic E-state index is -0.653. The van der Waals surface area contributed by atoms with Crippen molar-refractivity contribution in [3.63, 3.8) is 0 Å². The van der Waals surface area contributed by atoms with Crippen molar-refractivity contribution >= 4 is 23.2 Å². The van der Waals surface area contributed by atoms with Crippen LogP contribution in [0.3, 0.4) is 0 Å². The van der Waals surface area contributed by atoms with Gasteiger partial charge in [-0.1, -0.05) is 18.5 Å². The number of likely N-dealkylation sites (tertiary alicyclic amines) is 1. The van der Waals surface area contributed by atoms with Crippen LogP contribution < -0.4 is 0 Å². The molecule has 1 aromatic heterocycles. The summed E-state index contributed by atoms with van der Waals surface area (Å²) in [4.78, 5) is 28.3. The molecule has 2 heterocycles. The van der Waals surface area contributed by atoms with Crippen LogP contribution in [0.2, 0.25) is 5.15 Å². The van der Waals surface area contributed by atoms with Gasteiger partial charge >= 0.3 is 5.69 Å². The Labute approximate surface area is 121 Å². The first-order valence-electron chi connectivity index (χ1n) is 6.51. The SMILES string of the molecule is CC1CCN(C(=O)c2ccnc(Cl)c2[N+](=O)[O-])C(C)C1. The van der Waals surface area contributed by atoms with Crippen LogP contribution in [0.25, 0.3) is 0 Å². The fourth-order valence-electron chi connectivity index (χ4n) is 2.64. The van der Waals surface area contributed by atoms with E-state index >= 15 is 0 Å². The first kappa shape index (κ1) is 14.7. The van der Waals surface area contributed by atoms with Crippen LogP contribution in [0.1, 0.15) is 37.0 Å². The number of rotatable bonds is 2. The minimum Gasteiger partial charge on any atom is -0.336 e. The third kappa shape index (κ3) is 2.75. The van der Waals surface area contributed by atoms with Crippen molar-refractivity contribution in [3.05, 3.63) is 33.1 Å². The molecule has 1 amide bonds. The van der Waals surface area contributed by atoms with E-state index in [0.29, 0.717) is 12.5 Å². The van der Waals surface area contributed by atoms with Crippen molar-refractivity contribution in [1.82, 2.24) is 9.88 Å². The normalized spacial score (nSPS) is 22.6. The maximum Gasteiger partial charge on any atom is 0.319 e. The number of aromatic nitrogens is 1. The zero-order chi connectivity index (χ0) is 14.9. The Morgan fingerprint density at radius 2 is 2.25 bits per heavy atom. The van der Waals surface area contributed by atoms with Crippen molar-refractivity contribution in [2.45, 2.75) is 32.7 Å². The molecular weight excluding hydrogens is 282 g/mol. The number of amides is 1. The minimum absolute atomic E-state index is 0.0106. The summed E-state index contributed by atoms with van der Waals surface area (Å²) in [5, 5.41) is 10.8. The van der Waals surface area contributed by atoms with Gasteiger partial charge in [0, 0.05) is 18.8 Å². The number of pyridine rings is 1. The van der Waals surface area contributed by atoms with E-state index in [1.807, 2.05) is 6.92 Å². The lowest BCUT2D eigenvalue weighted by molar-refractivity contribution is -0.385. The van der Waals surface area contributed by atoms with Gasteiger partial charge in [-0.05, 0) is 31.7 Å².